The van der Waals surface area contributed by atoms with Crippen LogP contribution in [0.4, 0.5) is 5.88 Å². The third-order valence-corrected chi connectivity index (χ3v) is 4.28. The average Bonchev–Trinajstić information content (AvgIpc) is 2.95. The summed E-state index contributed by atoms with van der Waals surface area (Å²) in [5, 5.41) is 12.6. The number of nitrogens with zero attached hydrogens (tertiary/aromatic N) is 2. The molecule has 1 N–H and O–H groups in total. The topological polar surface area (TPSA) is 71.1 Å². The van der Waals surface area contributed by atoms with Gasteiger partial charge in [-0.3, -0.25) is 0 Å². The zero-order valence-corrected chi connectivity index (χ0v) is 14.3. The highest BCUT2D eigenvalue weighted by Gasteiger charge is 2.19. The maximum atomic E-state index is 9.27. The van der Waals surface area contributed by atoms with E-state index >= 15 is 0 Å². The SMILES string of the molecule is Cc1cc(C)cc(OCc2nc(C#N)c(NC3CCCCC3)o2)c1. The van der Waals surface area contributed by atoms with Crippen molar-refractivity contribution >= 4 is 5.88 Å². The molecule has 2 aromatic rings. The summed E-state index contributed by atoms with van der Waals surface area (Å²) in [5.41, 5.74) is 2.60. The van der Waals surface area contributed by atoms with Crippen LogP contribution >= 0.6 is 0 Å². The van der Waals surface area contributed by atoms with Crippen molar-refractivity contribution in [2.45, 2.75) is 58.6 Å². The van der Waals surface area contributed by atoms with Gasteiger partial charge in [-0.15, -0.1) is 0 Å². The molecule has 1 heterocycles. The lowest BCUT2D eigenvalue weighted by atomic mass is 9.95. The maximum absolute atomic E-state index is 9.27. The van der Waals surface area contributed by atoms with E-state index in [-0.39, 0.29) is 6.61 Å². The smallest absolute Gasteiger partial charge is 0.236 e. The maximum Gasteiger partial charge on any atom is 0.236 e. The predicted octanol–water partition coefficient (Wildman–Crippen LogP) is 4.49. The third-order valence-electron chi connectivity index (χ3n) is 4.28. The van der Waals surface area contributed by atoms with Gasteiger partial charge in [0.1, 0.15) is 11.8 Å². The van der Waals surface area contributed by atoms with Crippen LogP contribution in [0, 0.1) is 25.2 Å². The van der Waals surface area contributed by atoms with Crippen molar-refractivity contribution in [2.24, 2.45) is 0 Å². The Labute approximate surface area is 142 Å². The largest absolute Gasteiger partial charge is 0.484 e. The molecule has 5 heteroatoms. The molecule has 0 saturated heterocycles. The third kappa shape index (κ3) is 4.08. The van der Waals surface area contributed by atoms with Gasteiger partial charge in [-0.05, 0) is 49.9 Å². The number of oxazole rings is 1. The van der Waals surface area contributed by atoms with Crippen molar-refractivity contribution in [3.05, 3.63) is 40.9 Å². The summed E-state index contributed by atoms with van der Waals surface area (Å²) in [6.07, 6.45) is 5.95. The van der Waals surface area contributed by atoms with Crippen LogP contribution in [-0.4, -0.2) is 11.0 Å². The lowest BCUT2D eigenvalue weighted by molar-refractivity contribution is 0.264. The monoisotopic (exact) mass is 325 g/mol. The summed E-state index contributed by atoms with van der Waals surface area (Å²) in [4.78, 5) is 4.24. The zero-order chi connectivity index (χ0) is 16.9. The minimum Gasteiger partial charge on any atom is -0.484 e. The number of hydrogen-bond acceptors (Lipinski definition) is 5. The van der Waals surface area contributed by atoms with E-state index in [0.29, 0.717) is 23.5 Å². The van der Waals surface area contributed by atoms with Gasteiger partial charge in [-0.1, -0.05) is 25.3 Å². The molecule has 0 bridgehead atoms. The Bertz CT molecular complexity index is 719. The van der Waals surface area contributed by atoms with E-state index < -0.39 is 0 Å². The van der Waals surface area contributed by atoms with Gasteiger partial charge < -0.3 is 14.5 Å². The van der Waals surface area contributed by atoms with Crippen LogP contribution < -0.4 is 10.1 Å². The van der Waals surface area contributed by atoms with Gasteiger partial charge in [0, 0.05) is 6.04 Å². The standard InChI is InChI=1S/C19H23N3O2/c1-13-8-14(2)10-16(9-13)23-12-18-22-17(11-20)19(24-18)21-15-6-4-3-5-7-15/h8-10,15,21H,3-7,12H2,1-2H3. The fraction of sp³-hybridized carbons (Fsp3) is 0.474. The first-order valence-electron chi connectivity index (χ1n) is 8.51. The Hall–Kier alpha value is -2.48. The number of aryl methyl sites for hydroxylation is 2. The van der Waals surface area contributed by atoms with Crippen LogP contribution in [0.25, 0.3) is 0 Å². The van der Waals surface area contributed by atoms with Crippen LogP contribution in [0.2, 0.25) is 0 Å². The van der Waals surface area contributed by atoms with Crippen molar-refractivity contribution in [3.63, 3.8) is 0 Å². The minimum absolute atomic E-state index is 0.212. The predicted molar refractivity (Wildman–Crippen MR) is 92.0 cm³/mol. The van der Waals surface area contributed by atoms with Crippen LogP contribution in [0.5, 0.6) is 5.75 Å². The molecule has 5 nitrogen and oxygen atoms in total. The highest BCUT2D eigenvalue weighted by Crippen LogP contribution is 2.25. The van der Waals surface area contributed by atoms with Crippen molar-refractivity contribution in [3.8, 4) is 11.8 Å². The number of benzene rings is 1. The molecule has 1 aliphatic carbocycles. The summed E-state index contributed by atoms with van der Waals surface area (Å²) >= 11 is 0. The van der Waals surface area contributed by atoms with Crippen molar-refractivity contribution in [2.75, 3.05) is 5.32 Å². The Morgan fingerprint density at radius 1 is 1.21 bits per heavy atom. The van der Waals surface area contributed by atoms with E-state index in [0.717, 1.165) is 29.7 Å². The molecular weight excluding hydrogens is 302 g/mol. The summed E-state index contributed by atoms with van der Waals surface area (Å²) < 4.78 is 11.5. The number of nitrogens with one attached hydrogen (secondary N) is 1. The second kappa shape index (κ2) is 7.39. The minimum atomic E-state index is 0.212. The summed E-state index contributed by atoms with van der Waals surface area (Å²) in [5.74, 6) is 1.68. The summed E-state index contributed by atoms with van der Waals surface area (Å²) in [6, 6.07) is 8.51. The molecule has 0 radical (unpaired) electrons. The Morgan fingerprint density at radius 3 is 2.58 bits per heavy atom. The second-order valence-electron chi connectivity index (χ2n) is 6.49. The van der Waals surface area contributed by atoms with Crippen LogP contribution in [0.1, 0.15) is 54.8 Å². The van der Waals surface area contributed by atoms with E-state index in [2.05, 4.69) is 22.4 Å². The molecule has 1 saturated carbocycles. The normalized spacial score (nSPS) is 15.0. The quantitative estimate of drug-likeness (QED) is 0.877. The van der Waals surface area contributed by atoms with Crippen molar-refractivity contribution in [1.29, 1.82) is 5.26 Å². The van der Waals surface area contributed by atoms with Crippen LogP contribution in [0.15, 0.2) is 22.6 Å². The van der Waals surface area contributed by atoms with Crippen LogP contribution in [-0.2, 0) is 6.61 Å². The van der Waals surface area contributed by atoms with Gasteiger partial charge in [0.15, 0.2) is 6.61 Å². The highest BCUT2D eigenvalue weighted by atomic mass is 16.5. The molecule has 24 heavy (non-hydrogen) atoms. The van der Waals surface area contributed by atoms with Gasteiger partial charge >= 0.3 is 0 Å². The number of anilines is 1. The molecule has 0 aliphatic heterocycles. The van der Waals surface area contributed by atoms with E-state index in [4.69, 9.17) is 9.15 Å². The molecule has 1 aromatic heterocycles. The summed E-state index contributed by atoms with van der Waals surface area (Å²) in [7, 11) is 0. The Kier molecular flexibility index (Phi) is 5.05. The Balaban J connectivity index is 1.66. The van der Waals surface area contributed by atoms with Crippen molar-refractivity contribution < 1.29 is 9.15 Å². The van der Waals surface area contributed by atoms with Crippen LogP contribution in [0.3, 0.4) is 0 Å². The highest BCUT2D eigenvalue weighted by molar-refractivity contribution is 5.46. The first kappa shape index (κ1) is 16.4. The number of nitriles is 1. The number of ether oxygens (including phenoxy) is 1. The molecule has 1 aromatic carbocycles. The molecule has 1 aliphatic rings. The molecule has 0 amide bonds. The molecule has 0 atom stereocenters. The first-order chi connectivity index (χ1) is 11.6. The Morgan fingerprint density at radius 2 is 1.92 bits per heavy atom. The summed E-state index contributed by atoms with van der Waals surface area (Å²) in [6.45, 7) is 4.28. The number of hydrogen-bond donors (Lipinski definition) is 1. The molecule has 1 fully saturated rings. The van der Waals surface area contributed by atoms with E-state index in [9.17, 15) is 5.26 Å². The van der Waals surface area contributed by atoms with E-state index in [1.807, 2.05) is 26.0 Å². The van der Waals surface area contributed by atoms with Gasteiger partial charge in [0.05, 0.1) is 0 Å². The van der Waals surface area contributed by atoms with Crippen molar-refractivity contribution in [1.82, 2.24) is 4.98 Å². The lowest BCUT2D eigenvalue weighted by Gasteiger charge is -2.22. The molecular formula is C19H23N3O2. The molecule has 3 rings (SSSR count). The molecule has 126 valence electrons. The molecule has 0 spiro atoms. The average molecular weight is 325 g/mol. The first-order valence-corrected chi connectivity index (χ1v) is 8.51. The lowest BCUT2D eigenvalue weighted by Crippen LogP contribution is -2.22. The van der Waals surface area contributed by atoms with E-state index in [1.165, 1.54) is 19.3 Å². The second-order valence-corrected chi connectivity index (χ2v) is 6.49. The molecule has 0 unspecified atom stereocenters. The van der Waals surface area contributed by atoms with Gasteiger partial charge in [-0.2, -0.15) is 10.2 Å². The van der Waals surface area contributed by atoms with Gasteiger partial charge in [0.25, 0.3) is 0 Å². The van der Waals surface area contributed by atoms with Gasteiger partial charge in [0.2, 0.25) is 17.5 Å². The number of rotatable bonds is 5. The van der Waals surface area contributed by atoms with Gasteiger partial charge in [-0.25, -0.2) is 0 Å². The fourth-order valence-electron chi connectivity index (χ4n) is 3.19. The van der Waals surface area contributed by atoms with E-state index in [1.54, 1.807) is 0 Å². The fourth-order valence-corrected chi connectivity index (χ4v) is 3.19. The number of aromatic nitrogens is 1. The zero-order valence-electron chi connectivity index (χ0n) is 14.3.